The molecule has 124 valence electrons. The summed E-state index contributed by atoms with van der Waals surface area (Å²) >= 11 is 0. The predicted molar refractivity (Wildman–Crippen MR) is 108 cm³/mol. The van der Waals surface area contributed by atoms with Crippen molar-refractivity contribution in [3.63, 3.8) is 0 Å². The zero-order valence-electron chi connectivity index (χ0n) is 14.5. The minimum absolute atomic E-state index is 0.255. The van der Waals surface area contributed by atoms with Gasteiger partial charge in [0.1, 0.15) is 0 Å². The van der Waals surface area contributed by atoms with Crippen molar-refractivity contribution in [1.29, 1.82) is 0 Å². The maximum Gasteiger partial charge on any atom is 0.0466 e. The first-order valence-corrected chi connectivity index (χ1v) is 9.34. The number of hydrogen-bond donors (Lipinski definition) is 1. The van der Waals surface area contributed by atoms with Crippen LogP contribution in [0.1, 0.15) is 36.3 Å². The molecule has 0 saturated carbocycles. The summed E-state index contributed by atoms with van der Waals surface area (Å²) < 4.78 is 0. The molecule has 1 N–H and O–H groups in total. The Morgan fingerprint density at radius 2 is 1.50 bits per heavy atom. The van der Waals surface area contributed by atoms with Crippen molar-refractivity contribution >= 4 is 20.0 Å². The highest BCUT2D eigenvalue weighted by Crippen LogP contribution is 2.24. The van der Waals surface area contributed by atoms with Crippen LogP contribution >= 0.6 is 9.24 Å². The van der Waals surface area contributed by atoms with Gasteiger partial charge in [-0.05, 0) is 45.9 Å². The van der Waals surface area contributed by atoms with Gasteiger partial charge in [0.15, 0.2) is 0 Å². The average Bonchev–Trinajstić information content (AvgIpc) is 2.60. The minimum atomic E-state index is 0.255. The van der Waals surface area contributed by atoms with Crippen molar-refractivity contribution in [2.24, 2.45) is 5.92 Å². The van der Waals surface area contributed by atoms with Crippen LogP contribution in [0.25, 0.3) is 10.8 Å². The fourth-order valence-electron chi connectivity index (χ4n) is 3.01. The standard InChI is InChI=1S/C22H26NP/c1-16(2)13-17-7-9-18(10-8-17)15-23-22(24)21-12-11-19-5-3-4-6-20(19)14-21/h3-12,14,16,22-23H,13,15,24H2,1-2H3. The maximum atomic E-state index is 3.60. The lowest BCUT2D eigenvalue weighted by molar-refractivity contribution is 0.646. The van der Waals surface area contributed by atoms with Crippen LogP contribution in [0.4, 0.5) is 0 Å². The van der Waals surface area contributed by atoms with Gasteiger partial charge in [0.25, 0.3) is 0 Å². The highest BCUT2D eigenvalue weighted by atomic mass is 31.0. The predicted octanol–water partition coefficient (Wildman–Crippen LogP) is 5.70. The summed E-state index contributed by atoms with van der Waals surface area (Å²) in [5.41, 5.74) is 4.05. The molecule has 0 spiro atoms. The molecule has 3 aromatic carbocycles. The molecule has 0 aliphatic rings. The summed E-state index contributed by atoms with van der Waals surface area (Å²) in [5, 5.41) is 6.19. The molecule has 0 saturated heterocycles. The van der Waals surface area contributed by atoms with E-state index in [1.807, 2.05) is 0 Å². The molecule has 0 fully saturated rings. The molecule has 0 aliphatic heterocycles. The Morgan fingerprint density at radius 3 is 2.21 bits per heavy atom. The van der Waals surface area contributed by atoms with Crippen LogP contribution in [0.15, 0.2) is 66.7 Å². The second-order valence-electron chi connectivity index (χ2n) is 6.88. The fourth-order valence-corrected chi connectivity index (χ4v) is 3.34. The zero-order chi connectivity index (χ0) is 16.9. The van der Waals surface area contributed by atoms with Crippen molar-refractivity contribution in [2.45, 2.75) is 32.6 Å². The highest BCUT2D eigenvalue weighted by molar-refractivity contribution is 7.17. The van der Waals surface area contributed by atoms with Crippen LogP contribution in [0.2, 0.25) is 0 Å². The van der Waals surface area contributed by atoms with E-state index in [0.717, 1.165) is 13.0 Å². The third-order valence-corrected chi connectivity index (χ3v) is 4.95. The SMILES string of the molecule is CC(C)Cc1ccc(CNC(P)c2ccc3ccccc3c2)cc1. The van der Waals surface area contributed by atoms with Crippen LogP contribution < -0.4 is 5.32 Å². The van der Waals surface area contributed by atoms with Crippen LogP contribution in [-0.2, 0) is 13.0 Å². The first-order valence-electron chi connectivity index (χ1n) is 8.67. The summed E-state index contributed by atoms with van der Waals surface area (Å²) in [4.78, 5) is 0. The lowest BCUT2D eigenvalue weighted by Crippen LogP contribution is -2.15. The van der Waals surface area contributed by atoms with E-state index >= 15 is 0 Å². The maximum absolute atomic E-state index is 3.60. The number of fused-ring (bicyclic) bond motifs is 1. The Kier molecular flexibility index (Phi) is 5.66. The van der Waals surface area contributed by atoms with E-state index in [2.05, 4.69) is 95.1 Å². The summed E-state index contributed by atoms with van der Waals surface area (Å²) in [6.07, 6.45) is 1.15. The molecule has 3 aromatic rings. The first kappa shape index (κ1) is 17.1. The van der Waals surface area contributed by atoms with Gasteiger partial charge in [-0.2, -0.15) is 0 Å². The smallest absolute Gasteiger partial charge is 0.0466 e. The van der Waals surface area contributed by atoms with Crippen molar-refractivity contribution in [1.82, 2.24) is 5.32 Å². The summed E-state index contributed by atoms with van der Waals surface area (Å²) in [6.45, 7) is 5.40. The van der Waals surface area contributed by atoms with Crippen LogP contribution in [0.5, 0.6) is 0 Å². The molecule has 2 atom stereocenters. The van der Waals surface area contributed by atoms with E-state index in [1.165, 1.54) is 27.5 Å². The molecule has 0 aliphatic carbocycles. The van der Waals surface area contributed by atoms with E-state index in [0.29, 0.717) is 5.92 Å². The molecule has 0 heterocycles. The number of benzene rings is 3. The number of hydrogen-bond acceptors (Lipinski definition) is 1. The van der Waals surface area contributed by atoms with Crippen LogP contribution in [0.3, 0.4) is 0 Å². The van der Waals surface area contributed by atoms with E-state index in [1.54, 1.807) is 0 Å². The topological polar surface area (TPSA) is 12.0 Å². The molecule has 0 bridgehead atoms. The molecule has 2 heteroatoms. The fraction of sp³-hybridized carbons (Fsp3) is 0.273. The van der Waals surface area contributed by atoms with Gasteiger partial charge < -0.3 is 5.32 Å². The van der Waals surface area contributed by atoms with Gasteiger partial charge in [-0.25, -0.2) is 0 Å². The molecular formula is C22H26NP. The van der Waals surface area contributed by atoms with E-state index in [-0.39, 0.29) is 5.78 Å². The van der Waals surface area contributed by atoms with E-state index in [9.17, 15) is 0 Å². The monoisotopic (exact) mass is 335 g/mol. The van der Waals surface area contributed by atoms with Crippen molar-refractivity contribution in [3.05, 3.63) is 83.4 Å². The minimum Gasteiger partial charge on any atom is -0.303 e. The Balaban J connectivity index is 1.62. The molecule has 24 heavy (non-hydrogen) atoms. The molecule has 0 amide bonds. The lowest BCUT2D eigenvalue weighted by Gasteiger charge is -2.15. The van der Waals surface area contributed by atoms with Gasteiger partial charge in [0.05, 0.1) is 0 Å². The van der Waals surface area contributed by atoms with Gasteiger partial charge in [-0.1, -0.05) is 74.5 Å². The van der Waals surface area contributed by atoms with Crippen molar-refractivity contribution < 1.29 is 0 Å². The van der Waals surface area contributed by atoms with Gasteiger partial charge in [0.2, 0.25) is 0 Å². The Bertz CT molecular complexity index is 792. The van der Waals surface area contributed by atoms with Gasteiger partial charge in [-0.15, -0.1) is 9.24 Å². The zero-order valence-corrected chi connectivity index (χ0v) is 15.7. The van der Waals surface area contributed by atoms with Gasteiger partial charge in [-0.3, -0.25) is 0 Å². The third-order valence-electron chi connectivity index (χ3n) is 4.33. The van der Waals surface area contributed by atoms with Crippen molar-refractivity contribution in [2.75, 3.05) is 0 Å². The van der Waals surface area contributed by atoms with E-state index in [4.69, 9.17) is 0 Å². The molecule has 3 rings (SSSR count). The first-order chi connectivity index (χ1) is 11.6. The number of nitrogens with one attached hydrogen (secondary N) is 1. The van der Waals surface area contributed by atoms with E-state index < -0.39 is 0 Å². The largest absolute Gasteiger partial charge is 0.303 e. The molecule has 0 radical (unpaired) electrons. The normalized spacial score (nSPS) is 12.7. The van der Waals surface area contributed by atoms with Crippen molar-refractivity contribution in [3.8, 4) is 0 Å². The molecule has 1 nitrogen and oxygen atoms in total. The Hall–Kier alpha value is -1.69. The Labute approximate surface area is 147 Å². The lowest BCUT2D eigenvalue weighted by atomic mass is 10.0. The summed E-state index contributed by atoms with van der Waals surface area (Å²) in [6, 6.07) is 24.2. The molecule has 0 aromatic heterocycles. The Morgan fingerprint density at radius 1 is 0.833 bits per heavy atom. The highest BCUT2D eigenvalue weighted by Gasteiger charge is 2.06. The van der Waals surface area contributed by atoms with Gasteiger partial charge in [0, 0.05) is 12.3 Å². The number of rotatable bonds is 6. The molecular weight excluding hydrogens is 309 g/mol. The van der Waals surface area contributed by atoms with Crippen LogP contribution in [0, 0.1) is 5.92 Å². The second-order valence-corrected chi connectivity index (χ2v) is 7.55. The quantitative estimate of drug-likeness (QED) is 0.570. The second kappa shape index (κ2) is 7.92. The summed E-state index contributed by atoms with van der Waals surface area (Å²) in [7, 11) is 2.91. The van der Waals surface area contributed by atoms with Crippen LogP contribution in [-0.4, -0.2) is 0 Å². The third kappa shape index (κ3) is 4.44. The van der Waals surface area contributed by atoms with Gasteiger partial charge >= 0.3 is 0 Å². The molecule has 2 unspecified atom stereocenters. The summed E-state index contributed by atoms with van der Waals surface area (Å²) in [5.74, 6) is 0.961. The average molecular weight is 335 g/mol.